The lowest BCUT2D eigenvalue weighted by molar-refractivity contribution is -0.0811. The number of likely N-dealkylation sites (N-methyl/N-ethyl adjacent to an activating group) is 1. The van der Waals surface area contributed by atoms with Gasteiger partial charge in [-0.1, -0.05) is 30.3 Å². The number of aromatic nitrogens is 1. The molecule has 128 valence electrons. The minimum atomic E-state index is -0.949. The fraction of sp³-hybridized carbons (Fsp3) is 0.421. The molecule has 0 aliphatic carbocycles. The van der Waals surface area contributed by atoms with E-state index in [-0.39, 0.29) is 11.9 Å². The van der Waals surface area contributed by atoms with Gasteiger partial charge in [0.05, 0.1) is 6.04 Å². The Morgan fingerprint density at radius 3 is 2.50 bits per heavy atom. The van der Waals surface area contributed by atoms with Gasteiger partial charge in [-0.25, -0.2) is 0 Å². The molecule has 1 aliphatic heterocycles. The summed E-state index contributed by atoms with van der Waals surface area (Å²) in [6, 6.07) is 13.3. The molecule has 1 aliphatic rings. The van der Waals surface area contributed by atoms with Gasteiger partial charge in [-0.3, -0.25) is 4.79 Å². The Balaban J connectivity index is 1.87. The van der Waals surface area contributed by atoms with Gasteiger partial charge in [-0.15, -0.1) is 0 Å². The van der Waals surface area contributed by atoms with E-state index in [0.29, 0.717) is 25.2 Å². The van der Waals surface area contributed by atoms with Crippen molar-refractivity contribution >= 4 is 5.91 Å². The van der Waals surface area contributed by atoms with E-state index in [4.69, 9.17) is 0 Å². The topological polar surface area (TPSA) is 48.7 Å². The first kappa shape index (κ1) is 16.7. The number of rotatable bonds is 3. The largest absolute Gasteiger partial charge is 0.383 e. The van der Waals surface area contributed by atoms with E-state index in [0.717, 1.165) is 5.56 Å². The van der Waals surface area contributed by atoms with Crippen LogP contribution in [0.15, 0.2) is 48.7 Å². The molecule has 2 heterocycles. The lowest BCUT2D eigenvalue weighted by atomic mass is 9.79. The summed E-state index contributed by atoms with van der Waals surface area (Å²) < 4.78 is 1.84. The highest BCUT2D eigenvalue weighted by atomic mass is 16.3. The summed E-state index contributed by atoms with van der Waals surface area (Å²) in [5, 5.41) is 11.4. The average molecular weight is 327 g/mol. The van der Waals surface area contributed by atoms with Gasteiger partial charge in [0.2, 0.25) is 0 Å². The van der Waals surface area contributed by atoms with E-state index < -0.39 is 5.60 Å². The van der Waals surface area contributed by atoms with E-state index in [2.05, 4.69) is 0 Å². The molecule has 5 nitrogen and oxygen atoms in total. The Labute approximate surface area is 143 Å². The fourth-order valence-electron chi connectivity index (χ4n) is 3.61. The Morgan fingerprint density at radius 1 is 1.21 bits per heavy atom. The number of hydrogen-bond acceptors (Lipinski definition) is 3. The van der Waals surface area contributed by atoms with E-state index in [9.17, 15) is 9.90 Å². The third-order valence-corrected chi connectivity index (χ3v) is 5.05. The van der Waals surface area contributed by atoms with Gasteiger partial charge in [0.1, 0.15) is 11.3 Å². The van der Waals surface area contributed by atoms with Crippen molar-refractivity contribution in [3.05, 3.63) is 59.9 Å². The van der Waals surface area contributed by atoms with Crippen molar-refractivity contribution in [1.29, 1.82) is 0 Å². The Kier molecular flexibility index (Phi) is 4.47. The number of hydrogen-bond donors (Lipinski definition) is 1. The highest BCUT2D eigenvalue weighted by Gasteiger charge is 2.45. The van der Waals surface area contributed by atoms with Crippen molar-refractivity contribution in [3.8, 4) is 0 Å². The fourth-order valence-corrected chi connectivity index (χ4v) is 3.61. The van der Waals surface area contributed by atoms with Crippen LogP contribution in [0.3, 0.4) is 0 Å². The summed E-state index contributed by atoms with van der Waals surface area (Å²) in [6.45, 7) is 1.04. The lowest BCUT2D eigenvalue weighted by Gasteiger charge is -2.47. The maximum Gasteiger partial charge on any atom is 0.270 e. The molecule has 2 atom stereocenters. The van der Waals surface area contributed by atoms with Gasteiger partial charge in [-0.2, -0.15) is 0 Å². The summed E-state index contributed by atoms with van der Waals surface area (Å²) in [5.74, 6) is 0.0180. The molecule has 1 N–H and O–H groups in total. The molecular formula is C19H25N3O2. The van der Waals surface area contributed by atoms with Crippen LogP contribution in [0.1, 0.15) is 22.5 Å². The van der Waals surface area contributed by atoms with Crippen molar-refractivity contribution in [2.75, 3.05) is 27.2 Å². The SMILES string of the molecule is CN(C)C1CN(C(=O)c2cccn2C)CCC1(O)c1ccccc1. The zero-order valence-electron chi connectivity index (χ0n) is 14.5. The van der Waals surface area contributed by atoms with E-state index in [1.807, 2.05) is 84.2 Å². The molecule has 0 radical (unpaired) electrons. The van der Waals surface area contributed by atoms with Gasteiger partial charge in [-0.05, 0) is 38.2 Å². The molecule has 3 rings (SSSR count). The van der Waals surface area contributed by atoms with Gasteiger partial charge in [0, 0.05) is 26.3 Å². The van der Waals surface area contributed by atoms with Crippen LogP contribution >= 0.6 is 0 Å². The number of carbonyl (C=O) groups is 1. The minimum Gasteiger partial charge on any atom is -0.383 e. The maximum atomic E-state index is 12.8. The van der Waals surface area contributed by atoms with Crippen LogP contribution in [0.25, 0.3) is 0 Å². The molecule has 1 aromatic carbocycles. The second-order valence-electron chi connectivity index (χ2n) is 6.78. The zero-order valence-corrected chi connectivity index (χ0v) is 14.5. The second kappa shape index (κ2) is 6.42. The number of aliphatic hydroxyl groups is 1. The van der Waals surface area contributed by atoms with E-state index >= 15 is 0 Å². The number of carbonyl (C=O) groups excluding carboxylic acids is 1. The first-order chi connectivity index (χ1) is 11.4. The molecule has 1 amide bonds. The molecule has 0 bridgehead atoms. The van der Waals surface area contributed by atoms with Crippen LogP contribution in [0.5, 0.6) is 0 Å². The highest BCUT2D eigenvalue weighted by Crippen LogP contribution is 2.35. The number of piperidine rings is 1. The molecule has 1 aromatic heterocycles. The Hall–Kier alpha value is -2.11. The van der Waals surface area contributed by atoms with E-state index in [1.165, 1.54) is 0 Å². The molecule has 5 heteroatoms. The zero-order chi connectivity index (χ0) is 17.3. The van der Waals surface area contributed by atoms with Crippen LogP contribution in [0.2, 0.25) is 0 Å². The van der Waals surface area contributed by atoms with Crippen LogP contribution in [0, 0.1) is 0 Å². The van der Waals surface area contributed by atoms with Crippen molar-refractivity contribution in [1.82, 2.24) is 14.4 Å². The van der Waals surface area contributed by atoms with E-state index in [1.54, 1.807) is 0 Å². The number of nitrogens with zero attached hydrogens (tertiary/aromatic N) is 3. The third-order valence-electron chi connectivity index (χ3n) is 5.05. The monoisotopic (exact) mass is 327 g/mol. The van der Waals surface area contributed by atoms with Crippen molar-refractivity contribution in [2.24, 2.45) is 7.05 Å². The van der Waals surface area contributed by atoms with Gasteiger partial charge < -0.3 is 19.5 Å². The third kappa shape index (κ3) is 2.85. The standard InChI is InChI=1S/C19H25N3O2/c1-20(2)17-14-22(18(23)16-10-7-12-21(16)3)13-11-19(17,24)15-8-5-4-6-9-15/h4-10,12,17,24H,11,13-14H2,1-3H3. The summed E-state index contributed by atoms with van der Waals surface area (Å²) in [7, 11) is 5.78. The van der Waals surface area contributed by atoms with Gasteiger partial charge in [0.25, 0.3) is 5.91 Å². The van der Waals surface area contributed by atoms with Crippen LogP contribution in [0.4, 0.5) is 0 Å². The molecule has 2 unspecified atom stereocenters. The molecule has 1 saturated heterocycles. The molecule has 24 heavy (non-hydrogen) atoms. The van der Waals surface area contributed by atoms with Crippen LogP contribution in [-0.4, -0.2) is 58.6 Å². The summed E-state index contributed by atoms with van der Waals surface area (Å²) in [5.41, 5.74) is 0.641. The predicted molar refractivity (Wildman–Crippen MR) is 93.7 cm³/mol. The first-order valence-corrected chi connectivity index (χ1v) is 8.28. The normalized spacial score (nSPS) is 24.4. The lowest BCUT2D eigenvalue weighted by Crippen LogP contribution is -2.60. The molecular weight excluding hydrogens is 302 g/mol. The molecule has 2 aromatic rings. The van der Waals surface area contributed by atoms with Crippen molar-refractivity contribution in [3.63, 3.8) is 0 Å². The van der Waals surface area contributed by atoms with Crippen molar-refractivity contribution < 1.29 is 9.90 Å². The Bertz CT molecular complexity index is 710. The van der Waals surface area contributed by atoms with Crippen LogP contribution < -0.4 is 0 Å². The predicted octanol–water partition coefficient (Wildman–Crippen LogP) is 1.69. The first-order valence-electron chi connectivity index (χ1n) is 8.28. The van der Waals surface area contributed by atoms with Gasteiger partial charge >= 0.3 is 0 Å². The smallest absolute Gasteiger partial charge is 0.270 e. The quantitative estimate of drug-likeness (QED) is 0.933. The summed E-state index contributed by atoms with van der Waals surface area (Å²) in [6.07, 6.45) is 2.40. The number of likely N-dealkylation sites (tertiary alicyclic amines) is 1. The molecule has 1 fully saturated rings. The van der Waals surface area contributed by atoms with Crippen molar-refractivity contribution in [2.45, 2.75) is 18.1 Å². The summed E-state index contributed by atoms with van der Waals surface area (Å²) in [4.78, 5) is 16.7. The van der Waals surface area contributed by atoms with Crippen LogP contribution in [-0.2, 0) is 12.6 Å². The summed E-state index contributed by atoms with van der Waals surface area (Å²) >= 11 is 0. The number of amides is 1. The second-order valence-corrected chi connectivity index (χ2v) is 6.78. The molecule has 0 saturated carbocycles. The number of benzene rings is 1. The Morgan fingerprint density at radius 2 is 1.92 bits per heavy atom. The highest BCUT2D eigenvalue weighted by molar-refractivity contribution is 5.92. The van der Waals surface area contributed by atoms with Gasteiger partial charge in [0.15, 0.2) is 0 Å². The minimum absolute atomic E-state index is 0.0180. The molecule has 0 spiro atoms. The average Bonchev–Trinajstić information content (AvgIpc) is 3.01. The maximum absolute atomic E-state index is 12.8. The number of aryl methyl sites for hydroxylation is 1.